The molecule has 0 saturated carbocycles. The third kappa shape index (κ3) is 2.43. The second kappa shape index (κ2) is 4.82. The Labute approximate surface area is 115 Å². The highest BCUT2D eigenvalue weighted by molar-refractivity contribution is 6.30. The van der Waals surface area contributed by atoms with Crippen LogP contribution in [0, 0.1) is 5.82 Å². The van der Waals surface area contributed by atoms with Gasteiger partial charge in [0.15, 0.2) is 5.78 Å². The van der Waals surface area contributed by atoms with Gasteiger partial charge in [-0.3, -0.25) is 4.79 Å². The van der Waals surface area contributed by atoms with Crippen LogP contribution in [0.5, 0.6) is 0 Å². The van der Waals surface area contributed by atoms with Gasteiger partial charge in [-0.1, -0.05) is 17.7 Å². The van der Waals surface area contributed by atoms with E-state index in [1.54, 1.807) is 12.1 Å². The third-order valence-electron chi connectivity index (χ3n) is 3.48. The van der Waals surface area contributed by atoms with Crippen LogP contribution in [0.1, 0.15) is 34.3 Å². The number of fused-ring (bicyclic) bond motifs is 1. The number of carbonyl (C=O) groups excluding carboxylic acids is 1. The van der Waals surface area contributed by atoms with E-state index >= 15 is 0 Å². The summed E-state index contributed by atoms with van der Waals surface area (Å²) in [6.45, 7) is 0.420. The summed E-state index contributed by atoms with van der Waals surface area (Å²) in [6, 6.07) is 4.67. The van der Waals surface area contributed by atoms with E-state index < -0.39 is 0 Å². The molecular weight excluding hydrogens is 265 g/mol. The molecule has 1 aliphatic rings. The van der Waals surface area contributed by atoms with Crippen molar-refractivity contribution in [1.82, 2.24) is 4.57 Å². The zero-order valence-electron chi connectivity index (χ0n) is 10.3. The van der Waals surface area contributed by atoms with E-state index in [-0.39, 0.29) is 11.6 Å². The zero-order valence-corrected chi connectivity index (χ0v) is 11.1. The van der Waals surface area contributed by atoms with Crippen LogP contribution in [0.25, 0.3) is 0 Å². The number of benzene rings is 1. The molecule has 0 bridgehead atoms. The fourth-order valence-corrected chi connectivity index (χ4v) is 2.68. The van der Waals surface area contributed by atoms with Crippen molar-refractivity contribution in [3.05, 3.63) is 58.1 Å². The Morgan fingerprint density at radius 2 is 2.11 bits per heavy atom. The number of ketones is 1. The van der Waals surface area contributed by atoms with E-state index in [0.29, 0.717) is 23.6 Å². The molecule has 19 heavy (non-hydrogen) atoms. The van der Waals surface area contributed by atoms with E-state index in [0.717, 1.165) is 24.0 Å². The lowest BCUT2D eigenvalue weighted by atomic mass is 9.95. The first-order valence-corrected chi connectivity index (χ1v) is 6.67. The van der Waals surface area contributed by atoms with Crippen molar-refractivity contribution >= 4 is 17.4 Å². The number of hydrogen-bond acceptors (Lipinski definition) is 1. The summed E-state index contributed by atoms with van der Waals surface area (Å²) < 4.78 is 15.6. The first kappa shape index (κ1) is 12.4. The zero-order chi connectivity index (χ0) is 13.4. The van der Waals surface area contributed by atoms with Gasteiger partial charge in [0.1, 0.15) is 5.82 Å². The molecule has 2 aromatic rings. The molecule has 1 aliphatic carbocycles. The maximum atomic E-state index is 13.7. The van der Waals surface area contributed by atoms with Crippen molar-refractivity contribution in [2.45, 2.75) is 25.8 Å². The smallest absolute Gasteiger partial charge is 0.164 e. The van der Waals surface area contributed by atoms with E-state index in [1.165, 1.54) is 6.07 Å². The Bertz CT molecular complexity index is 648. The van der Waals surface area contributed by atoms with E-state index in [9.17, 15) is 9.18 Å². The molecule has 1 aromatic carbocycles. The number of aryl methyl sites for hydroxylation is 1. The van der Waals surface area contributed by atoms with Gasteiger partial charge in [0, 0.05) is 41.5 Å². The van der Waals surface area contributed by atoms with Crippen LogP contribution in [-0.4, -0.2) is 10.4 Å². The molecule has 0 spiro atoms. The van der Waals surface area contributed by atoms with E-state index in [1.807, 2.05) is 17.0 Å². The van der Waals surface area contributed by atoms with Crippen LogP contribution in [0.4, 0.5) is 4.39 Å². The molecular formula is C15H13ClFNO. The number of hydrogen-bond donors (Lipinski definition) is 0. The van der Waals surface area contributed by atoms with Gasteiger partial charge in [0.25, 0.3) is 0 Å². The molecule has 0 fully saturated rings. The molecule has 98 valence electrons. The largest absolute Gasteiger partial charge is 0.349 e. The average Bonchev–Trinajstić information content (AvgIpc) is 2.77. The van der Waals surface area contributed by atoms with Crippen LogP contribution in [0.15, 0.2) is 30.6 Å². The SMILES string of the molecule is O=C1CCCc2cn(Cc3ccc(Cl)cc3F)cc21. The van der Waals surface area contributed by atoms with Gasteiger partial charge in [-0.05, 0) is 30.5 Å². The fraction of sp³-hybridized carbons (Fsp3) is 0.267. The fourth-order valence-electron chi connectivity index (χ4n) is 2.52. The molecule has 0 unspecified atom stereocenters. The summed E-state index contributed by atoms with van der Waals surface area (Å²) in [5.41, 5.74) is 2.44. The normalized spacial score (nSPS) is 14.5. The lowest BCUT2D eigenvalue weighted by Crippen LogP contribution is -2.07. The lowest BCUT2D eigenvalue weighted by molar-refractivity contribution is 0.0973. The highest BCUT2D eigenvalue weighted by Crippen LogP contribution is 2.23. The van der Waals surface area contributed by atoms with Crippen molar-refractivity contribution in [2.24, 2.45) is 0 Å². The maximum Gasteiger partial charge on any atom is 0.164 e. The van der Waals surface area contributed by atoms with Gasteiger partial charge >= 0.3 is 0 Å². The molecule has 1 heterocycles. The van der Waals surface area contributed by atoms with Crippen molar-refractivity contribution in [3.63, 3.8) is 0 Å². The molecule has 0 atom stereocenters. The quantitative estimate of drug-likeness (QED) is 0.817. The molecule has 0 saturated heterocycles. The molecule has 3 rings (SSSR count). The van der Waals surface area contributed by atoms with Crippen molar-refractivity contribution < 1.29 is 9.18 Å². The molecule has 2 nitrogen and oxygen atoms in total. The second-order valence-corrected chi connectivity index (χ2v) is 5.32. The highest BCUT2D eigenvalue weighted by atomic mass is 35.5. The number of carbonyl (C=O) groups is 1. The molecule has 0 aliphatic heterocycles. The standard InChI is InChI=1S/C15H13ClFNO/c16-12-5-4-11(14(17)6-12)8-18-7-10-2-1-3-15(19)13(10)9-18/h4-7,9H,1-3,8H2. The third-order valence-corrected chi connectivity index (χ3v) is 3.72. The van der Waals surface area contributed by atoms with Crippen molar-refractivity contribution in [2.75, 3.05) is 0 Å². The monoisotopic (exact) mass is 277 g/mol. The Morgan fingerprint density at radius 1 is 1.26 bits per heavy atom. The summed E-state index contributed by atoms with van der Waals surface area (Å²) in [7, 11) is 0. The summed E-state index contributed by atoms with van der Waals surface area (Å²) >= 11 is 5.73. The number of halogens is 2. The minimum absolute atomic E-state index is 0.191. The summed E-state index contributed by atoms with van der Waals surface area (Å²) in [6.07, 6.45) is 6.22. The summed E-state index contributed by atoms with van der Waals surface area (Å²) in [4.78, 5) is 11.8. The van der Waals surface area contributed by atoms with Gasteiger partial charge in [-0.2, -0.15) is 0 Å². The van der Waals surface area contributed by atoms with Crippen LogP contribution < -0.4 is 0 Å². The lowest BCUT2D eigenvalue weighted by Gasteiger charge is -2.07. The first-order valence-electron chi connectivity index (χ1n) is 6.29. The topological polar surface area (TPSA) is 22.0 Å². The first-order chi connectivity index (χ1) is 9.13. The summed E-state index contributed by atoms with van der Waals surface area (Å²) in [5, 5.41) is 0.392. The van der Waals surface area contributed by atoms with E-state index in [2.05, 4.69) is 0 Å². The minimum Gasteiger partial charge on any atom is -0.349 e. The molecule has 0 amide bonds. The van der Waals surface area contributed by atoms with Gasteiger partial charge in [0.2, 0.25) is 0 Å². The Kier molecular flexibility index (Phi) is 3.15. The molecule has 1 aromatic heterocycles. The molecule has 4 heteroatoms. The van der Waals surface area contributed by atoms with Gasteiger partial charge in [-0.25, -0.2) is 4.39 Å². The van der Waals surface area contributed by atoms with Gasteiger partial charge in [-0.15, -0.1) is 0 Å². The number of Topliss-reactive ketones (excluding diaryl/α,β-unsaturated/α-hetero) is 1. The molecule has 0 radical (unpaired) electrons. The number of nitrogens with zero attached hydrogens (tertiary/aromatic N) is 1. The Balaban J connectivity index is 1.89. The van der Waals surface area contributed by atoms with Gasteiger partial charge < -0.3 is 4.57 Å². The van der Waals surface area contributed by atoms with Crippen LogP contribution in [-0.2, 0) is 13.0 Å². The Morgan fingerprint density at radius 3 is 2.84 bits per heavy atom. The van der Waals surface area contributed by atoms with Crippen LogP contribution >= 0.6 is 11.6 Å². The maximum absolute atomic E-state index is 13.7. The van der Waals surface area contributed by atoms with Crippen molar-refractivity contribution in [3.8, 4) is 0 Å². The van der Waals surface area contributed by atoms with Crippen LogP contribution in [0.2, 0.25) is 5.02 Å². The Hall–Kier alpha value is -1.61. The van der Waals surface area contributed by atoms with E-state index in [4.69, 9.17) is 11.6 Å². The van der Waals surface area contributed by atoms with Gasteiger partial charge in [0.05, 0.1) is 0 Å². The summed E-state index contributed by atoms with van der Waals surface area (Å²) in [5.74, 6) is -0.123. The molecule has 0 N–H and O–H groups in total. The average molecular weight is 278 g/mol. The van der Waals surface area contributed by atoms with Crippen molar-refractivity contribution in [1.29, 1.82) is 0 Å². The van der Waals surface area contributed by atoms with Crippen LogP contribution in [0.3, 0.4) is 0 Å². The predicted molar refractivity (Wildman–Crippen MR) is 72.2 cm³/mol. The predicted octanol–water partition coefficient (Wildman–Crippen LogP) is 3.85. The highest BCUT2D eigenvalue weighted by Gasteiger charge is 2.19. The number of aromatic nitrogens is 1. The second-order valence-electron chi connectivity index (χ2n) is 4.88. The minimum atomic E-state index is -0.314. The number of rotatable bonds is 2.